The number of benzene rings is 1. The number of ketones is 2. The van der Waals surface area contributed by atoms with E-state index < -0.39 is 5.92 Å². The first-order valence-electron chi connectivity index (χ1n) is 11.0. The van der Waals surface area contributed by atoms with Crippen molar-refractivity contribution < 1.29 is 14.4 Å². The predicted molar refractivity (Wildman–Crippen MR) is 110 cm³/mol. The van der Waals surface area contributed by atoms with E-state index in [1.807, 2.05) is 30.4 Å². The largest absolute Gasteiger partial charge is 0.332 e. The van der Waals surface area contributed by atoms with Gasteiger partial charge >= 0.3 is 0 Å². The van der Waals surface area contributed by atoms with Gasteiger partial charge in [0, 0.05) is 23.8 Å². The second-order valence-electron chi connectivity index (χ2n) is 8.93. The molecule has 1 amide bonds. The second-order valence-corrected chi connectivity index (χ2v) is 8.93. The van der Waals surface area contributed by atoms with E-state index in [0.29, 0.717) is 12.5 Å². The van der Waals surface area contributed by atoms with Crippen molar-refractivity contribution in [1.82, 2.24) is 4.90 Å². The maximum atomic E-state index is 13.5. The van der Waals surface area contributed by atoms with Crippen molar-refractivity contribution in [3.63, 3.8) is 0 Å². The van der Waals surface area contributed by atoms with Crippen LogP contribution in [0.3, 0.4) is 0 Å². The van der Waals surface area contributed by atoms with E-state index in [4.69, 9.17) is 0 Å². The third-order valence-electron chi connectivity index (χ3n) is 7.41. The molecule has 29 heavy (non-hydrogen) atoms. The van der Waals surface area contributed by atoms with Crippen LogP contribution in [0.1, 0.15) is 50.1 Å². The summed E-state index contributed by atoms with van der Waals surface area (Å²) in [4.78, 5) is 40.8. The third kappa shape index (κ3) is 3.00. The molecule has 4 nitrogen and oxygen atoms in total. The Bertz CT molecular complexity index is 881. The molecule has 0 unspecified atom stereocenters. The Morgan fingerprint density at radius 2 is 1.55 bits per heavy atom. The maximum absolute atomic E-state index is 13.5. The van der Waals surface area contributed by atoms with E-state index in [-0.39, 0.29) is 41.3 Å². The number of fused-ring (bicyclic) bond motifs is 1. The Morgan fingerprint density at radius 3 is 2.31 bits per heavy atom. The first-order chi connectivity index (χ1) is 14.2. The molecule has 1 saturated carbocycles. The number of hydrogen-bond donors (Lipinski definition) is 0. The minimum atomic E-state index is -0.397. The highest BCUT2D eigenvalue weighted by atomic mass is 16.2. The predicted octanol–water partition coefficient (Wildman–Crippen LogP) is 4.04. The van der Waals surface area contributed by atoms with Crippen molar-refractivity contribution >= 4 is 17.5 Å². The van der Waals surface area contributed by atoms with Crippen molar-refractivity contribution in [3.8, 4) is 0 Å². The molecule has 0 radical (unpaired) electrons. The summed E-state index contributed by atoms with van der Waals surface area (Å²) in [5, 5.41) is 0. The molecule has 4 aliphatic rings. The topological polar surface area (TPSA) is 54.5 Å². The van der Waals surface area contributed by atoms with Gasteiger partial charge in [-0.05, 0) is 37.0 Å². The van der Waals surface area contributed by atoms with Crippen molar-refractivity contribution in [2.24, 2.45) is 23.7 Å². The van der Waals surface area contributed by atoms with E-state index in [9.17, 15) is 14.4 Å². The Morgan fingerprint density at radius 1 is 0.828 bits per heavy atom. The first-order valence-corrected chi connectivity index (χ1v) is 11.0. The zero-order valence-corrected chi connectivity index (χ0v) is 16.6. The van der Waals surface area contributed by atoms with Crippen molar-refractivity contribution in [1.29, 1.82) is 0 Å². The molecule has 5 atom stereocenters. The summed E-state index contributed by atoms with van der Waals surface area (Å²) in [6, 6.07) is 10.5. The molecule has 0 aromatic heterocycles. The fourth-order valence-electron chi connectivity index (χ4n) is 6.03. The summed E-state index contributed by atoms with van der Waals surface area (Å²) >= 11 is 0. The molecule has 1 saturated heterocycles. The third-order valence-corrected chi connectivity index (χ3v) is 7.41. The Kier molecular flexibility index (Phi) is 4.73. The normalized spacial score (nSPS) is 34.8. The molecule has 0 bridgehead atoms. The van der Waals surface area contributed by atoms with E-state index in [0.717, 1.165) is 18.4 Å². The molecule has 5 rings (SSSR count). The van der Waals surface area contributed by atoms with E-state index in [1.54, 1.807) is 0 Å². The van der Waals surface area contributed by atoms with E-state index in [1.165, 1.54) is 31.4 Å². The van der Waals surface area contributed by atoms with Gasteiger partial charge in [-0.25, -0.2) is 0 Å². The molecule has 0 N–H and O–H groups in total. The number of carbonyl (C=O) groups excluding carboxylic acids is 3. The smallest absolute Gasteiger partial charge is 0.229 e. The van der Waals surface area contributed by atoms with E-state index in [2.05, 4.69) is 17.0 Å². The summed E-state index contributed by atoms with van der Waals surface area (Å²) in [5.41, 5.74) is 1.14. The fraction of sp³-hybridized carbons (Fsp3) is 0.480. The van der Waals surface area contributed by atoms with Crippen molar-refractivity contribution in [3.05, 3.63) is 60.2 Å². The number of nitrogens with zero attached hydrogens (tertiary/aromatic N) is 1. The summed E-state index contributed by atoms with van der Waals surface area (Å²) in [6.45, 7) is 0. The minimum absolute atomic E-state index is 0.000298. The molecule has 0 spiro atoms. The van der Waals surface area contributed by atoms with Crippen LogP contribution < -0.4 is 0 Å². The van der Waals surface area contributed by atoms with Gasteiger partial charge in [0.05, 0.1) is 12.0 Å². The lowest BCUT2D eigenvalue weighted by Crippen LogP contribution is -2.63. The van der Waals surface area contributed by atoms with Crippen LogP contribution in [0.15, 0.2) is 54.6 Å². The summed E-state index contributed by atoms with van der Waals surface area (Å²) in [7, 11) is 0. The molecular formula is C25H27NO3. The minimum Gasteiger partial charge on any atom is -0.332 e. The molecular weight excluding hydrogens is 362 g/mol. The Labute approximate surface area is 171 Å². The van der Waals surface area contributed by atoms with Crippen LogP contribution in [0, 0.1) is 23.7 Å². The summed E-state index contributed by atoms with van der Waals surface area (Å²) in [6.07, 6.45) is 13.2. The molecule has 3 aliphatic carbocycles. The lowest BCUT2D eigenvalue weighted by Gasteiger charge is -2.56. The van der Waals surface area contributed by atoms with Crippen molar-refractivity contribution in [2.45, 2.75) is 50.6 Å². The van der Waals surface area contributed by atoms with Gasteiger partial charge in [0.1, 0.15) is 0 Å². The number of amides is 1. The van der Waals surface area contributed by atoms with E-state index >= 15 is 0 Å². The first kappa shape index (κ1) is 18.5. The monoisotopic (exact) mass is 389 g/mol. The average molecular weight is 389 g/mol. The number of carbonyl (C=O) groups is 3. The maximum Gasteiger partial charge on any atom is 0.229 e. The Balaban J connectivity index is 1.51. The highest BCUT2D eigenvalue weighted by Gasteiger charge is 2.57. The van der Waals surface area contributed by atoms with Crippen LogP contribution in [0.5, 0.6) is 0 Å². The van der Waals surface area contributed by atoms with Crippen molar-refractivity contribution in [2.75, 3.05) is 0 Å². The van der Waals surface area contributed by atoms with Gasteiger partial charge in [0.15, 0.2) is 11.6 Å². The molecule has 2 fully saturated rings. The lowest BCUT2D eigenvalue weighted by molar-refractivity contribution is -0.169. The summed E-state index contributed by atoms with van der Waals surface area (Å²) in [5.74, 6) is -0.979. The molecule has 4 heteroatoms. The second kappa shape index (κ2) is 7.40. The Hall–Kier alpha value is -2.49. The quantitative estimate of drug-likeness (QED) is 0.579. The molecule has 1 aromatic rings. The van der Waals surface area contributed by atoms with Gasteiger partial charge in [0.2, 0.25) is 5.91 Å². The molecule has 1 aliphatic heterocycles. The standard InChI is InChI=1S/C25H27NO3/c27-20-14-15-21(28)22-18(20)12-7-13-19(22)23-24(16-8-3-1-4-9-16)26(25(23)29)17-10-5-2-6-11-17/h1,3-4,7-9,13-15,17-19,22-24H,2,5-6,10-12H2/t18-,19-,22+,23-,24+/m0/s1. The SMILES string of the molecule is O=C1C=CC(=O)[C@@H]2CC=C[C@H]([C@@H]3C(=O)N(C4CCCCC4)[C@@H]3c3ccccc3)[C@H]12. The van der Waals surface area contributed by atoms with Gasteiger partial charge in [-0.1, -0.05) is 61.7 Å². The summed E-state index contributed by atoms with van der Waals surface area (Å²) < 4.78 is 0. The lowest BCUT2D eigenvalue weighted by atomic mass is 9.60. The molecule has 1 aromatic carbocycles. The van der Waals surface area contributed by atoms with Crippen LogP contribution in [0.25, 0.3) is 0 Å². The highest BCUT2D eigenvalue weighted by Crippen LogP contribution is 2.52. The van der Waals surface area contributed by atoms with Gasteiger partial charge in [-0.2, -0.15) is 0 Å². The number of rotatable bonds is 3. The van der Waals surface area contributed by atoms with Gasteiger partial charge < -0.3 is 4.90 Å². The van der Waals surface area contributed by atoms with Crippen LogP contribution >= 0.6 is 0 Å². The van der Waals surface area contributed by atoms with Crippen LogP contribution in [0.2, 0.25) is 0 Å². The number of allylic oxidation sites excluding steroid dienone is 4. The van der Waals surface area contributed by atoms with Gasteiger partial charge in [0.25, 0.3) is 0 Å². The van der Waals surface area contributed by atoms with Crippen LogP contribution in [-0.4, -0.2) is 28.4 Å². The number of hydrogen-bond acceptors (Lipinski definition) is 3. The molecule has 150 valence electrons. The average Bonchev–Trinajstić information content (AvgIpc) is 2.76. The van der Waals surface area contributed by atoms with Gasteiger partial charge in [-0.3, -0.25) is 14.4 Å². The van der Waals surface area contributed by atoms with Gasteiger partial charge in [-0.15, -0.1) is 0 Å². The zero-order chi connectivity index (χ0) is 20.0. The number of β-lactam (4-membered cyclic amide) rings is 1. The molecule has 1 heterocycles. The number of likely N-dealkylation sites (tertiary alicyclic amines) is 1. The van der Waals surface area contributed by atoms with Crippen LogP contribution in [-0.2, 0) is 14.4 Å². The highest BCUT2D eigenvalue weighted by molar-refractivity contribution is 6.08. The van der Waals surface area contributed by atoms with Crippen LogP contribution in [0.4, 0.5) is 0 Å². The zero-order valence-electron chi connectivity index (χ0n) is 16.6. The fourth-order valence-corrected chi connectivity index (χ4v) is 6.03.